The molecule has 3 aromatic rings. The summed E-state index contributed by atoms with van der Waals surface area (Å²) in [6.07, 6.45) is 1.55. The number of rotatable bonds is 3. The van der Waals surface area contributed by atoms with Crippen LogP contribution in [0.4, 0.5) is 10.1 Å². The number of ether oxygens (including phenoxy) is 1. The molecule has 3 rings (SSSR count). The summed E-state index contributed by atoms with van der Waals surface area (Å²) in [7, 11) is 1.51. The fraction of sp³-hybridized carbons (Fsp3) is 0.118. The first kappa shape index (κ1) is 15.4. The van der Waals surface area contributed by atoms with Crippen molar-refractivity contribution in [2.45, 2.75) is 6.92 Å². The van der Waals surface area contributed by atoms with E-state index in [1.54, 1.807) is 24.4 Å². The Morgan fingerprint density at radius 2 is 2.09 bits per heavy atom. The van der Waals surface area contributed by atoms with Gasteiger partial charge in [-0.1, -0.05) is 11.6 Å². The fourth-order valence-corrected chi connectivity index (χ4v) is 2.56. The zero-order chi connectivity index (χ0) is 16.6. The topological polar surface area (TPSA) is 54.1 Å². The molecule has 0 saturated heterocycles. The molecular formula is C17H14ClFN2O2. The smallest absolute Gasteiger partial charge is 0.257 e. The van der Waals surface area contributed by atoms with Crippen LogP contribution in [0.15, 0.2) is 36.5 Å². The van der Waals surface area contributed by atoms with Gasteiger partial charge in [-0.25, -0.2) is 4.39 Å². The summed E-state index contributed by atoms with van der Waals surface area (Å²) in [6.45, 7) is 1.84. The van der Waals surface area contributed by atoms with E-state index in [9.17, 15) is 9.18 Å². The van der Waals surface area contributed by atoms with Crippen molar-refractivity contribution < 1.29 is 13.9 Å². The molecule has 0 aliphatic heterocycles. The van der Waals surface area contributed by atoms with E-state index in [4.69, 9.17) is 16.3 Å². The summed E-state index contributed by atoms with van der Waals surface area (Å²) in [5.41, 5.74) is 2.34. The van der Waals surface area contributed by atoms with Gasteiger partial charge in [-0.05, 0) is 36.8 Å². The zero-order valence-electron chi connectivity index (χ0n) is 12.5. The monoisotopic (exact) mass is 332 g/mol. The third-order valence-electron chi connectivity index (χ3n) is 3.62. The molecule has 4 nitrogen and oxygen atoms in total. The first-order chi connectivity index (χ1) is 11.0. The Morgan fingerprint density at radius 1 is 1.30 bits per heavy atom. The molecule has 0 spiro atoms. The van der Waals surface area contributed by atoms with E-state index in [0.717, 1.165) is 5.56 Å². The Bertz CT molecular complexity index is 905. The minimum absolute atomic E-state index is 0.317. The highest BCUT2D eigenvalue weighted by Gasteiger charge is 2.15. The van der Waals surface area contributed by atoms with Crippen LogP contribution < -0.4 is 10.1 Å². The average molecular weight is 333 g/mol. The molecule has 0 bridgehead atoms. The quantitative estimate of drug-likeness (QED) is 0.740. The molecule has 0 fully saturated rings. The molecule has 0 saturated carbocycles. The van der Waals surface area contributed by atoms with Crippen LogP contribution in [0.3, 0.4) is 0 Å². The molecular weight excluding hydrogens is 319 g/mol. The Labute approximate surface area is 137 Å². The fourth-order valence-electron chi connectivity index (χ4n) is 2.41. The third-order valence-corrected chi connectivity index (χ3v) is 4.02. The van der Waals surface area contributed by atoms with Crippen molar-refractivity contribution in [3.63, 3.8) is 0 Å². The molecule has 118 valence electrons. The minimum Gasteiger partial charge on any atom is -0.495 e. The number of aryl methyl sites for hydroxylation is 1. The number of benzene rings is 2. The number of carbonyl (C=O) groups excluding carboxylic acids is 1. The largest absolute Gasteiger partial charge is 0.495 e. The van der Waals surface area contributed by atoms with E-state index in [2.05, 4.69) is 10.3 Å². The van der Waals surface area contributed by atoms with Gasteiger partial charge >= 0.3 is 0 Å². The van der Waals surface area contributed by atoms with Gasteiger partial charge in [0.1, 0.15) is 11.6 Å². The zero-order valence-corrected chi connectivity index (χ0v) is 13.3. The van der Waals surface area contributed by atoms with Crippen LogP contribution in [0.1, 0.15) is 15.9 Å². The maximum atomic E-state index is 13.2. The molecule has 0 atom stereocenters. The van der Waals surface area contributed by atoms with Crippen molar-refractivity contribution in [1.82, 2.24) is 4.98 Å². The first-order valence-electron chi connectivity index (χ1n) is 6.91. The van der Waals surface area contributed by atoms with E-state index in [1.807, 2.05) is 6.92 Å². The van der Waals surface area contributed by atoms with E-state index >= 15 is 0 Å². The van der Waals surface area contributed by atoms with Crippen LogP contribution in [0.25, 0.3) is 10.9 Å². The van der Waals surface area contributed by atoms with Gasteiger partial charge in [-0.3, -0.25) is 4.79 Å². The summed E-state index contributed by atoms with van der Waals surface area (Å²) in [6, 6.07) is 7.63. The van der Waals surface area contributed by atoms with Crippen LogP contribution in [-0.2, 0) is 0 Å². The van der Waals surface area contributed by atoms with Crippen molar-refractivity contribution in [3.05, 3.63) is 58.5 Å². The van der Waals surface area contributed by atoms with Crippen LogP contribution in [0.5, 0.6) is 5.75 Å². The van der Waals surface area contributed by atoms with Crippen molar-refractivity contribution in [1.29, 1.82) is 0 Å². The lowest BCUT2D eigenvalue weighted by Gasteiger charge is -2.12. The maximum absolute atomic E-state index is 13.2. The number of amides is 1. The summed E-state index contributed by atoms with van der Waals surface area (Å²) >= 11 is 6.06. The lowest BCUT2D eigenvalue weighted by Crippen LogP contribution is -2.12. The molecule has 0 aliphatic rings. The second-order valence-corrected chi connectivity index (χ2v) is 5.56. The van der Waals surface area contributed by atoms with Crippen molar-refractivity contribution in [3.8, 4) is 5.75 Å². The third kappa shape index (κ3) is 2.87. The van der Waals surface area contributed by atoms with Crippen LogP contribution in [0, 0.1) is 12.7 Å². The number of carbonyl (C=O) groups is 1. The SMILES string of the molecule is COc1cc(Cl)c(C)cc1NC(=O)c1c[nH]c2cc(F)ccc12. The van der Waals surface area contributed by atoms with Gasteiger partial charge in [-0.15, -0.1) is 0 Å². The Morgan fingerprint density at radius 3 is 2.83 bits per heavy atom. The number of aromatic nitrogens is 1. The van der Waals surface area contributed by atoms with E-state index in [0.29, 0.717) is 32.9 Å². The van der Waals surface area contributed by atoms with E-state index < -0.39 is 0 Å². The van der Waals surface area contributed by atoms with E-state index in [1.165, 1.54) is 19.2 Å². The highest BCUT2D eigenvalue weighted by molar-refractivity contribution is 6.31. The highest BCUT2D eigenvalue weighted by atomic mass is 35.5. The number of H-pyrrole nitrogens is 1. The molecule has 0 radical (unpaired) electrons. The van der Waals surface area contributed by atoms with Gasteiger partial charge in [0.15, 0.2) is 0 Å². The van der Waals surface area contributed by atoms with Crippen molar-refractivity contribution in [2.75, 3.05) is 12.4 Å². The number of aromatic amines is 1. The van der Waals surface area contributed by atoms with Crippen LogP contribution in [0.2, 0.25) is 5.02 Å². The lowest BCUT2D eigenvalue weighted by molar-refractivity contribution is 0.102. The van der Waals surface area contributed by atoms with Crippen LogP contribution in [-0.4, -0.2) is 18.0 Å². The van der Waals surface area contributed by atoms with Gasteiger partial charge in [0.05, 0.1) is 18.4 Å². The number of halogens is 2. The molecule has 2 aromatic carbocycles. The average Bonchev–Trinajstić information content (AvgIpc) is 2.93. The minimum atomic E-state index is -0.360. The Hall–Kier alpha value is -2.53. The standard InChI is InChI=1S/C17H14ClFN2O2/c1-9-5-15(16(23-2)7-13(9)18)21-17(22)12-8-20-14-6-10(19)3-4-11(12)14/h3-8,20H,1-2H3,(H,21,22). The number of fused-ring (bicyclic) bond motifs is 1. The van der Waals surface area contributed by atoms with Crippen molar-refractivity contribution in [2.24, 2.45) is 0 Å². The molecule has 23 heavy (non-hydrogen) atoms. The van der Waals surface area contributed by atoms with Gasteiger partial charge < -0.3 is 15.0 Å². The number of hydrogen-bond donors (Lipinski definition) is 2. The summed E-state index contributed by atoms with van der Waals surface area (Å²) in [4.78, 5) is 15.4. The van der Waals surface area contributed by atoms with Gasteiger partial charge in [0.25, 0.3) is 5.91 Å². The molecule has 1 aromatic heterocycles. The molecule has 6 heteroatoms. The van der Waals surface area contributed by atoms with Gasteiger partial charge in [0, 0.05) is 28.2 Å². The molecule has 0 unspecified atom stereocenters. The summed E-state index contributed by atoms with van der Waals surface area (Å²) in [5, 5.41) is 4.01. The molecule has 0 aliphatic carbocycles. The lowest BCUT2D eigenvalue weighted by atomic mass is 10.1. The number of nitrogens with one attached hydrogen (secondary N) is 2. The second-order valence-electron chi connectivity index (χ2n) is 5.15. The number of methoxy groups -OCH3 is 1. The molecule has 1 amide bonds. The highest BCUT2D eigenvalue weighted by Crippen LogP contribution is 2.31. The van der Waals surface area contributed by atoms with Gasteiger partial charge in [0.2, 0.25) is 0 Å². The molecule has 1 heterocycles. The van der Waals surface area contributed by atoms with Crippen LogP contribution >= 0.6 is 11.6 Å². The summed E-state index contributed by atoms with van der Waals surface area (Å²) in [5.74, 6) is -0.205. The first-order valence-corrected chi connectivity index (χ1v) is 7.29. The number of hydrogen-bond acceptors (Lipinski definition) is 2. The van der Waals surface area contributed by atoms with Crippen molar-refractivity contribution >= 4 is 34.1 Å². The van der Waals surface area contributed by atoms with Gasteiger partial charge in [-0.2, -0.15) is 0 Å². The van der Waals surface area contributed by atoms with E-state index in [-0.39, 0.29) is 11.7 Å². The molecule has 2 N–H and O–H groups in total. The normalized spacial score (nSPS) is 10.8. The summed E-state index contributed by atoms with van der Waals surface area (Å²) < 4.78 is 18.5. The predicted molar refractivity (Wildman–Crippen MR) is 89.0 cm³/mol. The predicted octanol–water partition coefficient (Wildman–Crippen LogP) is 4.53. The Kier molecular flexibility index (Phi) is 3.96. The Balaban J connectivity index is 1.96. The second kappa shape index (κ2) is 5.93. The maximum Gasteiger partial charge on any atom is 0.257 e. The number of anilines is 1.